The van der Waals surface area contributed by atoms with Crippen LogP contribution >= 0.6 is 0 Å². The first-order valence-electron chi connectivity index (χ1n) is 19.1. The Bertz CT molecular complexity index is 1120. The molecule has 9 heteroatoms. The van der Waals surface area contributed by atoms with Crippen LogP contribution in [0, 0.1) is 5.92 Å². The van der Waals surface area contributed by atoms with Gasteiger partial charge in [0.2, 0.25) is 0 Å². The van der Waals surface area contributed by atoms with E-state index in [1.165, 1.54) is 83.0 Å². The van der Waals surface area contributed by atoms with Gasteiger partial charge in [-0.05, 0) is 84.5 Å². The van der Waals surface area contributed by atoms with Gasteiger partial charge in [-0.1, -0.05) is 64.7 Å². The zero-order chi connectivity index (χ0) is 32.6. The van der Waals surface area contributed by atoms with Gasteiger partial charge in [-0.3, -0.25) is 15.3 Å². The molecular weight excluding hydrogens is 576 g/mol. The van der Waals surface area contributed by atoms with E-state index in [1.807, 2.05) is 13.8 Å². The summed E-state index contributed by atoms with van der Waals surface area (Å²) in [6, 6.07) is 2.01. The fourth-order valence-corrected chi connectivity index (χ4v) is 9.15. The van der Waals surface area contributed by atoms with Crippen molar-refractivity contribution in [3.8, 4) is 0 Å². The highest BCUT2D eigenvalue weighted by atomic mass is 16.5. The summed E-state index contributed by atoms with van der Waals surface area (Å²) in [4.78, 5) is 21.0. The number of esters is 1. The topological polar surface area (TPSA) is 115 Å². The van der Waals surface area contributed by atoms with Crippen LogP contribution in [-0.4, -0.2) is 81.4 Å². The Kier molecular flexibility index (Phi) is 12.7. The zero-order valence-electron chi connectivity index (χ0n) is 29.4. The van der Waals surface area contributed by atoms with Crippen molar-refractivity contribution in [2.24, 2.45) is 16.6 Å². The number of nitrogens with one attached hydrogen (secondary N) is 2. The molecule has 9 nitrogen and oxygen atoms in total. The average molecular weight is 642 g/mol. The van der Waals surface area contributed by atoms with Crippen LogP contribution in [-0.2, 0) is 9.53 Å². The predicted octanol–water partition coefficient (Wildman–Crippen LogP) is 5.70. The number of carbonyl (C=O) groups is 1. The van der Waals surface area contributed by atoms with Crippen molar-refractivity contribution in [2.75, 3.05) is 6.54 Å². The smallest absolute Gasteiger partial charge is 0.348 e. The van der Waals surface area contributed by atoms with Crippen LogP contribution < -0.4 is 16.4 Å². The minimum atomic E-state index is -0.332. The second-order valence-corrected chi connectivity index (χ2v) is 15.3. The summed E-state index contributed by atoms with van der Waals surface area (Å²) in [5.41, 5.74) is 7.96. The van der Waals surface area contributed by atoms with Gasteiger partial charge in [-0.25, -0.2) is 10.1 Å². The number of aliphatic imine (C=N–C) groups is 1. The average Bonchev–Trinajstić information content (AvgIpc) is 3.63. The molecule has 5 aliphatic rings. The first kappa shape index (κ1) is 35.0. The molecule has 0 amide bonds. The van der Waals surface area contributed by atoms with Gasteiger partial charge < -0.3 is 20.1 Å². The van der Waals surface area contributed by atoms with Crippen LogP contribution in [0.15, 0.2) is 16.3 Å². The highest BCUT2D eigenvalue weighted by Crippen LogP contribution is 2.38. The molecule has 3 saturated heterocycles. The van der Waals surface area contributed by atoms with Crippen LogP contribution in [0.1, 0.15) is 150 Å². The molecule has 8 atom stereocenters. The fraction of sp³-hybridized carbons (Fsp3) is 0.865. The summed E-state index contributed by atoms with van der Waals surface area (Å²) in [6.07, 6.45) is 21.0. The molecule has 5 aliphatic heterocycles. The van der Waals surface area contributed by atoms with Crippen LogP contribution in [0.2, 0.25) is 0 Å². The van der Waals surface area contributed by atoms with Gasteiger partial charge in [0.05, 0.1) is 23.9 Å². The molecule has 0 unspecified atom stereocenters. The van der Waals surface area contributed by atoms with E-state index in [4.69, 9.17) is 15.5 Å². The Balaban J connectivity index is 0.980. The maximum Gasteiger partial charge on any atom is 0.348 e. The largest absolute Gasteiger partial charge is 0.459 e. The van der Waals surface area contributed by atoms with Crippen molar-refractivity contribution in [1.29, 1.82) is 0 Å². The number of nitrogens with two attached hydrogens (primary N) is 1. The molecular formula is C37H65N6O3+. The Labute approximate surface area is 278 Å². The van der Waals surface area contributed by atoms with Crippen molar-refractivity contribution in [3.05, 3.63) is 11.3 Å². The summed E-state index contributed by atoms with van der Waals surface area (Å²) in [5.74, 6) is 2.26. The number of carbonyl (C=O) groups excluding carboxylic acids is 1. The second-order valence-electron chi connectivity index (χ2n) is 15.3. The molecule has 0 aromatic rings. The Morgan fingerprint density at radius 1 is 1.07 bits per heavy atom. The minimum Gasteiger partial charge on any atom is -0.459 e. The van der Waals surface area contributed by atoms with Crippen LogP contribution in [0.5, 0.6) is 0 Å². The number of nitrogens with zero attached hydrogens (tertiary/aromatic N) is 3. The predicted molar refractivity (Wildman–Crippen MR) is 186 cm³/mol. The van der Waals surface area contributed by atoms with Gasteiger partial charge in [0, 0.05) is 31.1 Å². The normalized spacial score (nSPS) is 29.9. The lowest BCUT2D eigenvalue weighted by Gasteiger charge is -2.45. The molecule has 0 spiro atoms. The molecule has 0 aliphatic carbocycles. The standard InChI is InChI=1S/C37H64N6O3/c1-5-6-7-9-14-17-31(44)23-30-19-21-33-34(27(4)41-36(38)42(30)33)35(45)46-26(3)15-12-10-8-11-13-16-28-24-39-37-40-25(2)22-29-18-20-32(28)43(29)37/h25-26,28-33,44H,5-24H2,1-4H3,(H3,38,39,40,41,45)/p+1/t25-,26-,28-,29+,30-,31-,32-,33-/m0/s1. The first-order valence-corrected chi connectivity index (χ1v) is 19.1. The summed E-state index contributed by atoms with van der Waals surface area (Å²) < 4.78 is 8.15. The van der Waals surface area contributed by atoms with Crippen LogP contribution in [0.25, 0.3) is 0 Å². The number of fused-ring (bicyclic) bond motifs is 1. The number of hydrogen-bond acceptors (Lipinski definition) is 8. The molecule has 3 fully saturated rings. The Morgan fingerprint density at radius 3 is 2.61 bits per heavy atom. The molecule has 0 bridgehead atoms. The van der Waals surface area contributed by atoms with Gasteiger partial charge in [0.15, 0.2) is 5.96 Å². The van der Waals surface area contributed by atoms with Crippen molar-refractivity contribution in [2.45, 2.75) is 192 Å². The second kappa shape index (κ2) is 16.7. The zero-order valence-corrected chi connectivity index (χ0v) is 29.4. The lowest BCUT2D eigenvalue weighted by atomic mass is 9.90. The number of allylic oxidation sites excluding steroid dienone is 1. The van der Waals surface area contributed by atoms with Gasteiger partial charge in [-0.15, -0.1) is 0 Å². The maximum absolute atomic E-state index is 13.4. The van der Waals surface area contributed by atoms with Crippen LogP contribution in [0.3, 0.4) is 0 Å². The third kappa shape index (κ3) is 8.59. The molecule has 260 valence electrons. The lowest BCUT2D eigenvalue weighted by molar-refractivity contribution is -0.576. The SMILES string of the molecule is CCCCCCC[C@H](O)C[C@@H]1CC[C@H]2C(C(=O)O[C@@H](C)CCCCCCC[C@H]3CN=C4N[C@@H](C)C[C@H]5CC[C@@H]3N45)=C(C)NC(N)=[N+]12. The van der Waals surface area contributed by atoms with Gasteiger partial charge >= 0.3 is 11.9 Å². The Morgan fingerprint density at radius 2 is 1.80 bits per heavy atom. The van der Waals surface area contributed by atoms with E-state index >= 15 is 0 Å². The van der Waals surface area contributed by atoms with E-state index in [-0.39, 0.29) is 30.3 Å². The minimum absolute atomic E-state index is 0.0750. The number of guanidine groups is 2. The van der Waals surface area contributed by atoms with E-state index < -0.39 is 0 Å². The highest BCUT2D eigenvalue weighted by Gasteiger charge is 2.46. The Hall–Kier alpha value is -2.29. The molecule has 5 heterocycles. The maximum atomic E-state index is 13.4. The number of ether oxygens (including phenoxy) is 1. The highest BCUT2D eigenvalue weighted by molar-refractivity contribution is 5.93. The molecule has 0 radical (unpaired) electrons. The van der Waals surface area contributed by atoms with Crippen molar-refractivity contribution >= 4 is 17.9 Å². The van der Waals surface area contributed by atoms with Crippen molar-refractivity contribution in [1.82, 2.24) is 15.5 Å². The summed E-state index contributed by atoms with van der Waals surface area (Å²) >= 11 is 0. The number of aliphatic hydroxyl groups is 1. The van der Waals surface area contributed by atoms with E-state index in [0.717, 1.165) is 50.8 Å². The van der Waals surface area contributed by atoms with Crippen LogP contribution in [0.4, 0.5) is 0 Å². The first-order chi connectivity index (χ1) is 22.3. The lowest BCUT2D eigenvalue weighted by Crippen LogP contribution is -2.60. The quantitative estimate of drug-likeness (QED) is 0.0863. The molecule has 0 aromatic heterocycles. The van der Waals surface area contributed by atoms with E-state index in [1.54, 1.807) is 0 Å². The van der Waals surface area contributed by atoms with Crippen molar-refractivity contribution in [3.63, 3.8) is 0 Å². The molecule has 0 saturated carbocycles. The number of rotatable bonds is 18. The fourth-order valence-electron chi connectivity index (χ4n) is 9.15. The summed E-state index contributed by atoms with van der Waals surface area (Å²) in [5, 5.41) is 17.6. The monoisotopic (exact) mass is 642 g/mol. The van der Waals surface area contributed by atoms with Gasteiger partial charge in [0.25, 0.3) is 0 Å². The van der Waals surface area contributed by atoms with E-state index in [0.29, 0.717) is 42.0 Å². The molecule has 46 heavy (non-hydrogen) atoms. The number of unbranched alkanes of at least 4 members (excludes halogenated alkanes) is 8. The summed E-state index contributed by atoms with van der Waals surface area (Å²) in [7, 11) is 0. The molecule has 5 N–H and O–H groups in total. The summed E-state index contributed by atoms with van der Waals surface area (Å²) in [6.45, 7) is 9.45. The van der Waals surface area contributed by atoms with Gasteiger partial charge in [0.1, 0.15) is 11.6 Å². The third-order valence-electron chi connectivity index (χ3n) is 11.5. The van der Waals surface area contributed by atoms with E-state index in [9.17, 15) is 9.90 Å². The number of hydrogen-bond donors (Lipinski definition) is 4. The van der Waals surface area contributed by atoms with Crippen molar-refractivity contribution < 1.29 is 19.2 Å². The van der Waals surface area contributed by atoms with E-state index in [2.05, 4.69) is 34.0 Å². The molecule has 5 rings (SSSR count). The molecule has 0 aromatic carbocycles. The number of aliphatic hydroxyl groups excluding tert-OH is 1. The van der Waals surface area contributed by atoms with Gasteiger partial charge in [-0.2, -0.15) is 0 Å². The third-order valence-corrected chi connectivity index (χ3v) is 11.5.